The van der Waals surface area contributed by atoms with Gasteiger partial charge in [-0.25, -0.2) is 0 Å². The van der Waals surface area contributed by atoms with Gasteiger partial charge in [-0.15, -0.1) is 0 Å². The first-order valence-corrected chi connectivity index (χ1v) is 3.82. The summed E-state index contributed by atoms with van der Waals surface area (Å²) in [5.41, 5.74) is 5.49. The van der Waals surface area contributed by atoms with Crippen molar-refractivity contribution >= 4 is 6.47 Å². The van der Waals surface area contributed by atoms with Gasteiger partial charge in [-0.2, -0.15) is 0 Å². The van der Waals surface area contributed by atoms with Crippen LogP contribution in [-0.4, -0.2) is 19.1 Å². The van der Waals surface area contributed by atoms with Gasteiger partial charge in [-0.3, -0.25) is 4.79 Å². The number of rotatable bonds is 3. The Bertz CT molecular complexity index is 156. The lowest BCUT2D eigenvalue weighted by atomic mass is 9.91. The van der Waals surface area contributed by atoms with Crippen LogP contribution in [0, 0.1) is 5.92 Å². The molecular weight excluding hydrogens is 142 g/mol. The molecule has 0 aliphatic heterocycles. The van der Waals surface area contributed by atoms with Crippen LogP contribution in [0.25, 0.3) is 0 Å². The van der Waals surface area contributed by atoms with Gasteiger partial charge in [0.1, 0.15) is 6.10 Å². The lowest BCUT2D eigenvalue weighted by molar-refractivity contribution is -0.136. The van der Waals surface area contributed by atoms with Crippen LogP contribution in [0.4, 0.5) is 0 Å². The molecule has 0 amide bonds. The zero-order valence-corrected chi connectivity index (χ0v) is 6.40. The third-order valence-electron chi connectivity index (χ3n) is 2.03. The van der Waals surface area contributed by atoms with Crippen LogP contribution in [0.2, 0.25) is 0 Å². The fourth-order valence-corrected chi connectivity index (χ4v) is 1.33. The third kappa shape index (κ3) is 2.05. The molecule has 1 aliphatic carbocycles. The summed E-state index contributed by atoms with van der Waals surface area (Å²) in [6.07, 6.45) is 5.85. The molecule has 0 heterocycles. The lowest BCUT2D eigenvalue weighted by Crippen LogP contribution is -2.31. The molecule has 2 N–H and O–H groups in total. The van der Waals surface area contributed by atoms with Crippen molar-refractivity contribution in [3.8, 4) is 0 Å². The number of nitrogens with two attached hydrogens (primary N) is 1. The highest BCUT2D eigenvalue weighted by Crippen LogP contribution is 2.19. The van der Waals surface area contributed by atoms with Crippen LogP contribution < -0.4 is 5.73 Å². The highest BCUT2D eigenvalue weighted by Gasteiger charge is 2.21. The predicted molar refractivity (Wildman–Crippen MR) is 41.9 cm³/mol. The Labute approximate surface area is 66.2 Å². The highest BCUT2D eigenvalue weighted by molar-refractivity contribution is 5.37. The molecule has 0 saturated heterocycles. The van der Waals surface area contributed by atoms with Gasteiger partial charge in [0.2, 0.25) is 0 Å². The minimum atomic E-state index is 0.00231. The molecule has 0 aromatic heterocycles. The summed E-state index contributed by atoms with van der Waals surface area (Å²) in [5, 5.41) is 0. The fraction of sp³-hybridized carbons (Fsp3) is 0.625. The third-order valence-corrected chi connectivity index (χ3v) is 2.03. The molecule has 2 atom stereocenters. The monoisotopic (exact) mass is 155 g/mol. The second kappa shape index (κ2) is 4.13. The Hall–Kier alpha value is -0.830. The standard InChI is InChI=1S/C8H13NO2/c9-5-7-3-1-2-4-8(7)11-6-10/h1-2,6-8H,3-5,9H2. The first-order chi connectivity index (χ1) is 5.38. The summed E-state index contributed by atoms with van der Waals surface area (Å²) in [6.45, 7) is 1.09. The first-order valence-electron chi connectivity index (χ1n) is 3.82. The highest BCUT2D eigenvalue weighted by atomic mass is 16.5. The van der Waals surface area contributed by atoms with Gasteiger partial charge in [0.25, 0.3) is 6.47 Å². The van der Waals surface area contributed by atoms with Crippen molar-refractivity contribution in [2.75, 3.05) is 6.54 Å². The molecule has 3 nitrogen and oxygen atoms in total. The number of allylic oxidation sites excluding steroid dienone is 1. The summed E-state index contributed by atoms with van der Waals surface area (Å²) in [5.74, 6) is 0.310. The second-order valence-corrected chi connectivity index (χ2v) is 2.71. The molecule has 0 spiro atoms. The van der Waals surface area contributed by atoms with Crippen LogP contribution in [0.15, 0.2) is 12.2 Å². The molecule has 0 bridgehead atoms. The molecule has 2 unspecified atom stereocenters. The number of hydrogen-bond acceptors (Lipinski definition) is 3. The average molecular weight is 155 g/mol. The molecule has 62 valence electrons. The van der Waals surface area contributed by atoms with Gasteiger partial charge in [-0.1, -0.05) is 12.2 Å². The van der Waals surface area contributed by atoms with E-state index in [9.17, 15) is 4.79 Å². The van der Waals surface area contributed by atoms with Crippen LogP contribution in [-0.2, 0) is 9.53 Å². The van der Waals surface area contributed by atoms with Crippen LogP contribution in [0.3, 0.4) is 0 Å². The van der Waals surface area contributed by atoms with Gasteiger partial charge in [0, 0.05) is 12.3 Å². The maximum atomic E-state index is 10.0. The van der Waals surface area contributed by atoms with E-state index in [0.29, 0.717) is 18.9 Å². The van der Waals surface area contributed by atoms with Gasteiger partial charge in [0.15, 0.2) is 0 Å². The second-order valence-electron chi connectivity index (χ2n) is 2.71. The van der Waals surface area contributed by atoms with E-state index in [1.165, 1.54) is 0 Å². The van der Waals surface area contributed by atoms with Gasteiger partial charge < -0.3 is 10.5 Å². The first kappa shape index (κ1) is 8.27. The van der Waals surface area contributed by atoms with Crippen LogP contribution in [0.1, 0.15) is 12.8 Å². The maximum Gasteiger partial charge on any atom is 0.293 e. The average Bonchev–Trinajstić information content (AvgIpc) is 2.06. The molecule has 3 heteroatoms. The minimum absolute atomic E-state index is 0.00231. The molecule has 11 heavy (non-hydrogen) atoms. The van der Waals surface area contributed by atoms with Crippen LogP contribution in [0.5, 0.6) is 0 Å². The Morgan fingerprint density at radius 3 is 2.91 bits per heavy atom. The number of ether oxygens (including phenoxy) is 1. The van der Waals surface area contributed by atoms with Gasteiger partial charge >= 0.3 is 0 Å². The molecule has 0 aromatic rings. The van der Waals surface area contributed by atoms with E-state index in [-0.39, 0.29) is 6.10 Å². The largest absolute Gasteiger partial charge is 0.464 e. The molecule has 0 saturated carbocycles. The Kier molecular flexibility index (Phi) is 3.11. The van der Waals surface area contributed by atoms with Crippen molar-refractivity contribution in [3.05, 3.63) is 12.2 Å². The van der Waals surface area contributed by atoms with Gasteiger partial charge in [0.05, 0.1) is 0 Å². The molecule has 0 radical (unpaired) electrons. The summed E-state index contributed by atoms with van der Waals surface area (Å²) in [7, 11) is 0. The molecule has 0 fully saturated rings. The molecule has 0 aromatic carbocycles. The smallest absolute Gasteiger partial charge is 0.293 e. The number of hydrogen-bond donors (Lipinski definition) is 1. The van der Waals surface area contributed by atoms with Crippen molar-refractivity contribution in [1.82, 2.24) is 0 Å². The van der Waals surface area contributed by atoms with Crippen molar-refractivity contribution in [3.63, 3.8) is 0 Å². The van der Waals surface area contributed by atoms with E-state index in [1.54, 1.807) is 0 Å². The quantitative estimate of drug-likeness (QED) is 0.475. The maximum absolute atomic E-state index is 10.0. The van der Waals surface area contributed by atoms with E-state index >= 15 is 0 Å². The minimum Gasteiger partial charge on any atom is -0.464 e. The van der Waals surface area contributed by atoms with E-state index in [1.807, 2.05) is 6.08 Å². The van der Waals surface area contributed by atoms with Crippen molar-refractivity contribution < 1.29 is 9.53 Å². The predicted octanol–water partition coefficient (Wildman–Crippen LogP) is 0.453. The van der Waals surface area contributed by atoms with Crippen LogP contribution >= 0.6 is 0 Å². The van der Waals surface area contributed by atoms with E-state index in [2.05, 4.69) is 6.08 Å². The Morgan fingerprint density at radius 2 is 2.27 bits per heavy atom. The van der Waals surface area contributed by atoms with Crippen molar-refractivity contribution in [1.29, 1.82) is 0 Å². The van der Waals surface area contributed by atoms with Crippen molar-refractivity contribution in [2.24, 2.45) is 11.7 Å². The number of carbonyl (C=O) groups excluding carboxylic acids is 1. The topological polar surface area (TPSA) is 52.3 Å². The fourth-order valence-electron chi connectivity index (χ4n) is 1.33. The molecular formula is C8H13NO2. The Morgan fingerprint density at radius 1 is 1.55 bits per heavy atom. The summed E-state index contributed by atoms with van der Waals surface area (Å²) in [4.78, 5) is 10.0. The van der Waals surface area contributed by atoms with E-state index < -0.39 is 0 Å². The summed E-state index contributed by atoms with van der Waals surface area (Å²) in [6, 6.07) is 0. The van der Waals surface area contributed by atoms with Gasteiger partial charge in [-0.05, 0) is 13.0 Å². The summed E-state index contributed by atoms with van der Waals surface area (Å²) < 4.78 is 4.87. The SMILES string of the molecule is NCC1CC=CCC1OC=O. The zero-order chi connectivity index (χ0) is 8.10. The van der Waals surface area contributed by atoms with E-state index in [0.717, 1.165) is 12.8 Å². The normalized spacial score (nSPS) is 29.9. The molecule has 1 rings (SSSR count). The Balaban J connectivity index is 2.46. The van der Waals surface area contributed by atoms with E-state index in [4.69, 9.17) is 10.5 Å². The number of carbonyl (C=O) groups is 1. The zero-order valence-electron chi connectivity index (χ0n) is 6.40. The molecule has 1 aliphatic rings. The lowest BCUT2D eigenvalue weighted by Gasteiger charge is -2.25. The van der Waals surface area contributed by atoms with Crippen molar-refractivity contribution in [2.45, 2.75) is 18.9 Å². The summed E-state index contributed by atoms with van der Waals surface area (Å²) >= 11 is 0.